The molecule has 3 rings (SSSR count). The Labute approximate surface area is 139 Å². The second-order valence-corrected chi connectivity index (χ2v) is 6.05. The van der Waals surface area contributed by atoms with Gasteiger partial charge in [0.05, 0.1) is 6.61 Å². The van der Waals surface area contributed by atoms with E-state index in [1.165, 1.54) is 0 Å². The number of piperazine rings is 1. The van der Waals surface area contributed by atoms with E-state index in [1.54, 1.807) is 11.3 Å². The van der Waals surface area contributed by atoms with Crippen LogP contribution in [0.3, 0.4) is 0 Å². The first-order valence-electron chi connectivity index (χ1n) is 7.69. The van der Waals surface area contributed by atoms with Gasteiger partial charge in [0.1, 0.15) is 5.75 Å². The Morgan fingerprint density at radius 1 is 1.35 bits per heavy atom. The number of hydrogen-bond donors (Lipinski definition) is 1. The number of anilines is 2. The zero-order chi connectivity index (χ0) is 16.1. The first-order valence-corrected chi connectivity index (χ1v) is 8.57. The molecule has 6 nitrogen and oxygen atoms in total. The van der Waals surface area contributed by atoms with E-state index in [2.05, 4.69) is 15.2 Å². The van der Waals surface area contributed by atoms with Crippen LogP contribution in [0.15, 0.2) is 35.8 Å². The summed E-state index contributed by atoms with van der Waals surface area (Å²) in [5.41, 5.74) is 0.753. The number of nitrogens with one attached hydrogen (secondary N) is 1. The number of urea groups is 1. The maximum atomic E-state index is 12.4. The van der Waals surface area contributed by atoms with Crippen molar-refractivity contribution in [1.29, 1.82) is 0 Å². The number of thiazole rings is 1. The van der Waals surface area contributed by atoms with E-state index in [4.69, 9.17) is 4.74 Å². The molecule has 2 heterocycles. The van der Waals surface area contributed by atoms with Crippen LogP contribution in [0, 0.1) is 0 Å². The monoisotopic (exact) mass is 332 g/mol. The van der Waals surface area contributed by atoms with Crippen LogP contribution in [0.2, 0.25) is 0 Å². The Bertz CT molecular complexity index is 639. The fraction of sp³-hybridized carbons (Fsp3) is 0.375. The molecule has 23 heavy (non-hydrogen) atoms. The third-order valence-electron chi connectivity index (χ3n) is 3.65. The maximum Gasteiger partial charge on any atom is 0.321 e. The van der Waals surface area contributed by atoms with E-state index < -0.39 is 0 Å². The molecule has 0 aliphatic carbocycles. The molecule has 1 fully saturated rings. The fourth-order valence-electron chi connectivity index (χ4n) is 2.51. The molecule has 2 amide bonds. The lowest BCUT2D eigenvalue weighted by Gasteiger charge is -2.34. The molecule has 7 heteroatoms. The molecular formula is C16H20N4O2S. The van der Waals surface area contributed by atoms with E-state index in [0.717, 1.165) is 29.7 Å². The Hall–Kier alpha value is -2.28. The van der Waals surface area contributed by atoms with Crippen LogP contribution >= 0.6 is 11.3 Å². The lowest BCUT2D eigenvalue weighted by molar-refractivity contribution is 0.208. The van der Waals surface area contributed by atoms with Gasteiger partial charge in [-0.15, -0.1) is 11.3 Å². The topological polar surface area (TPSA) is 57.7 Å². The molecule has 1 aliphatic heterocycles. The smallest absolute Gasteiger partial charge is 0.321 e. The third-order valence-corrected chi connectivity index (χ3v) is 4.49. The SMILES string of the molecule is CCOc1cccc(NC(=O)N2CCN(c3nccs3)CC2)c1. The average Bonchev–Trinajstić information content (AvgIpc) is 3.10. The molecule has 0 unspecified atom stereocenters. The second-order valence-electron chi connectivity index (χ2n) is 5.18. The number of benzene rings is 1. The van der Waals surface area contributed by atoms with Crippen molar-refractivity contribution >= 4 is 28.2 Å². The van der Waals surface area contributed by atoms with Crippen molar-refractivity contribution in [3.05, 3.63) is 35.8 Å². The number of ether oxygens (including phenoxy) is 1. The zero-order valence-electron chi connectivity index (χ0n) is 13.1. The van der Waals surface area contributed by atoms with Gasteiger partial charge in [0.15, 0.2) is 5.13 Å². The van der Waals surface area contributed by atoms with Gasteiger partial charge in [0, 0.05) is 49.5 Å². The van der Waals surface area contributed by atoms with Gasteiger partial charge in [-0.3, -0.25) is 0 Å². The van der Waals surface area contributed by atoms with Crippen molar-refractivity contribution in [3.63, 3.8) is 0 Å². The summed E-state index contributed by atoms with van der Waals surface area (Å²) in [5.74, 6) is 0.763. The molecule has 1 saturated heterocycles. The molecule has 122 valence electrons. The fourth-order valence-corrected chi connectivity index (χ4v) is 3.20. The van der Waals surface area contributed by atoms with Crippen molar-refractivity contribution in [1.82, 2.24) is 9.88 Å². The Kier molecular flexibility index (Phi) is 4.97. The number of nitrogens with zero attached hydrogens (tertiary/aromatic N) is 3. The number of carbonyl (C=O) groups excluding carboxylic acids is 1. The van der Waals surface area contributed by atoms with Crippen LogP contribution in [0.5, 0.6) is 5.75 Å². The minimum absolute atomic E-state index is 0.0718. The summed E-state index contributed by atoms with van der Waals surface area (Å²) in [5, 5.41) is 5.93. The van der Waals surface area contributed by atoms with Gasteiger partial charge in [0.25, 0.3) is 0 Å². The minimum Gasteiger partial charge on any atom is -0.494 e. The average molecular weight is 332 g/mol. The highest BCUT2D eigenvalue weighted by Gasteiger charge is 2.22. The van der Waals surface area contributed by atoms with E-state index in [9.17, 15) is 4.79 Å². The van der Waals surface area contributed by atoms with Crippen molar-refractivity contribution in [2.75, 3.05) is 43.0 Å². The van der Waals surface area contributed by atoms with Crippen molar-refractivity contribution in [2.24, 2.45) is 0 Å². The summed E-state index contributed by atoms with van der Waals surface area (Å²) in [6.45, 7) is 5.54. The largest absolute Gasteiger partial charge is 0.494 e. The predicted molar refractivity (Wildman–Crippen MR) is 92.5 cm³/mol. The third kappa shape index (κ3) is 3.92. The zero-order valence-corrected chi connectivity index (χ0v) is 13.9. The molecule has 0 bridgehead atoms. The van der Waals surface area contributed by atoms with Crippen LogP contribution < -0.4 is 15.0 Å². The van der Waals surface area contributed by atoms with Crippen LogP contribution in [0.25, 0.3) is 0 Å². The van der Waals surface area contributed by atoms with Gasteiger partial charge in [-0.2, -0.15) is 0 Å². The van der Waals surface area contributed by atoms with Gasteiger partial charge in [-0.05, 0) is 19.1 Å². The summed E-state index contributed by atoms with van der Waals surface area (Å²) < 4.78 is 5.45. The number of hydrogen-bond acceptors (Lipinski definition) is 5. The lowest BCUT2D eigenvalue weighted by atomic mass is 10.3. The lowest BCUT2D eigenvalue weighted by Crippen LogP contribution is -2.50. The first kappa shape index (κ1) is 15.6. The molecule has 1 aromatic carbocycles. The Balaban J connectivity index is 1.54. The van der Waals surface area contributed by atoms with E-state index >= 15 is 0 Å². The highest BCUT2D eigenvalue weighted by atomic mass is 32.1. The summed E-state index contributed by atoms with van der Waals surface area (Å²) in [4.78, 5) is 20.7. The minimum atomic E-state index is -0.0718. The summed E-state index contributed by atoms with van der Waals surface area (Å²) in [6, 6.07) is 7.39. The van der Waals surface area contributed by atoms with Crippen molar-refractivity contribution in [3.8, 4) is 5.75 Å². The quantitative estimate of drug-likeness (QED) is 0.935. The van der Waals surface area contributed by atoms with Crippen LogP contribution in [0.1, 0.15) is 6.92 Å². The molecule has 0 atom stereocenters. The Morgan fingerprint density at radius 3 is 2.87 bits per heavy atom. The number of rotatable bonds is 4. The first-order chi connectivity index (χ1) is 11.3. The number of aromatic nitrogens is 1. The molecule has 2 aromatic rings. The predicted octanol–water partition coefficient (Wildman–Crippen LogP) is 2.90. The molecule has 1 aromatic heterocycles. The van der Waals surface area contributed by atoms with Gasteiger partial charge in [0.2, 0.25) is 0 Å². The Morgan fingerprint density at radius 2 is 2.17 bits per heavy atom. The van der Waals surface area contributed by atoms with Crippen LogP contribution in [0.4, 0.5) is 15.6 Å². The number of carbonyl (C=O) groups is 1. The van der Waals surface area contributed by atoms with Gasteiger partial charge in [-0.1, -0.05) is 6.07 Å². The van der Waals surface area contributed by atoms with E-state index in [0.29, 0.717) is 19.7 Å². The van der Waals surface area contributed by atoms with Crippen LogP contribution in [-0.4, -0.2) is 48.7 Å². The summed E-state index contributed by atoms with van der Waals surface area (Å²) >= 11 is 1.63. The highest BCUT2D eigenvalue weighted by molar-refractivity contribution is 7.13. The molecule has 1 N–H and O–H groups in total. The molecule has 0 saturated carbocycles. The van der Waals surface area contributed by atoms with Crippen molar-refractivity contribution < 1.29 is 9.53 Å². The second kappa shape index (κ2) is 7.32. The summed E-state index contributed by atoms with van der Waals surface area (Å²) in [7, 11) is 0. The van der Waals surface area contributed by atoms with Gasteiger partial charge in [-0.25, -0.2) is 9.78 Å². The maximum absolute atomic E-state index is 12.4. The van der Waals surface area contributed by atoms with E-state index in [-0.39, 0.29) is 6.03 Å². The standard InChI is InChI=1S/C16H20N4O2S/c1-2-22-14-5-3-4-13(12-14)18-15(21)19-7-9-20(10-8-19)16-17-6-11-23-16/h3-6,11-12H,2,7-10H2,1H3,(H,18,21). The van der Waals surface area contributed by atoms with Gasteiger partial charge >= 0.3 is 6.03 Å². The number of amides is 2. The highest BCUT2D eigenvalue weighted by Crippen LogP contribution is 2.20. The molecular weight excluding hydrogens is 312 g/mol. The van der Waals surface area contributed by atoms with Gasteiger partial charge < -0.3 is 19.9 Å². The molecule has 0 spiro atoms. The van der Waals surface area contributed by atoms with E-state index in [1.807, 2.05) is 47.7 Å². The van der Waals surface area contributed by atoms with Crippen molar-refractivity contribution in [2.45, 2.75) is 6.92 Å². The molecule has 1 aliphatic rings. The normalized spacial score (nSPS) is 14.7. The molecule has 0 radical (unpaired) electrons. The van der Waals surface area contributed by atoms with Crippen LogP contribution in [-0.2, 0) is 0 Å². The summed E-state index contributed by atoms with van der Waals surface area (Å²) in [6.07, 6.45) is 1.81.